The lowest BCUT2D eigenvalue weighted by molar-refractivity contribution is -0.141. The van der Waals surface area contributed by atoms with Crippen LogP contribution in [0.1, 0.15) is 77.8 Å². The summed E-state index contributed by atoms with van der Waals surface area (Å²) in [5, 5.41) is 7.68. The van der Waals surface area contributed by atoms with Crippen LogP contribution in [0, 0.1) is 18.8 Å². The Hall–Kier alpha value is -3.41. The number of nitrogens with one attached hydrogen (secondary N) is 1. The summed E-state index contributed by atoms with van der Waals surface area (Å²) >= 11 is 0. The van der Waals surface area contributed by atoms with Crippen molar-refractivity contribution in [2.24, 2.45) is 11.8 Å². The number of aromatic nitrogens is 4. The molecular weight excluding hydrogens is 550 g/mol. The molecule has 3 atom stereocenters. The molecule has 12 nitrogen and oxygen atoms in total. The number of anilines is 3. The van der Waals surface area contributed by atoms with Crippen LogP contribution in [0.25, 0.3) is 0 Å². The molecule has 1 aliphatic carbocycles. The van der Waals surface area contributed by atoms with Crippen LogP contribution in [-0.4, -0.2) is 87.2 Å². The van der Waals surface area contributed by atoms with Gasteiger partial charge < -0.3 is 29.3 Å². The van der Waals surface area contributed by atoms with Crippen LogP contribution in [0.15, 0.2) is 12.1 Å². The van der Waals surface area contributed by atoms with Gasteiger partial charge in [0.25, 0.3) is 0 Å². The van der Waals surface area contributed by atoms with Gasteiger partial charge in [0, 0.05) is 55.3 Å². The monoisotopic (exact) mass is 595 g/mol. The van der Waals surface area contributed by atoms with Gasteiger partial charge in [-0.05, 0) is 78.6 Å². The second-order valence-electron chi connectivity index (χ2n) is 13.7. The van der Waals surface area contributed by atoms with Crippen LogP contribution >= 0.6 is 0 Å². The van der Waals surface area contributed by atoms with Crippen molar-refractivity contribution < 1.29 is 23.8 Å². The molecule has 0 unspecified atom stereocenters. The summed E-state index contributed by atoms with van der Waals surface area (Å²) in [6.07, 6.45) is 7.64. The number of aryl methyl sites for hydroxylation is 1. The predicted molar refractivity (Wildman–Crippen MR) is 161 cm³/mol. The van der Waals surface area contributed by atoms with Crippen molar-refractivity contribution in [3.63, 3.8) is 0 Å². The molecule has 12 heteroatoms. The van der Waals surface area contributed by atoms with E-state index in [1.54, 1.807) is 19.1 Å². The predicted octanol–water partition coefficient (Wildman–Crippen LogP) is 4.68. The molecule has 2 aromatic heterocycles. The first-order chi connectivity index (χ1) is 20.5. The fraction of sp³-hybridized carbons (Fsp3) is 0.710. The number of nitrogens with zero attached hydrogens (tertiary/aromatic N) is 6. The van der Waals surface area contributed by atoms with Crippen molar-refractivity contribution in [3.8, 4) is 5.88 Å². The quantitative estimate of drug-likeness (QED) is 0.437. The molecule has 4 fully saturated rings. The number of piperidine rings is 2. The second kappa shape index (κ2) is 11.9. The van der Waals surface area contributed by atoms with Crippen molar-refractivity contribution in [1.82, 2.24) is 24.6 Å². The van der Waals surface area contributed by atoms with Gasteiger partial charge >= 0.3 is 6.09 Å². The van der Waals surface area contributed by atoms with E-state index in [-0.39, 0.29) is 18.1 Å². The standard InChI is InChI=1S/C31H45N7O5/c1-19-11-26(35-38(19)30(40)43-31(2,3)4)32-25-15-27(42-18-21-16-41-17-21)34-29(33-25)36(5)24-13-22-7-6-8-23(14-24)37(22)28(39)12-20-9-10-20/h11,15,20-24H,6-10,12-14,16-18H2,1-5H3,(H,32,33,34,35)/t22-,23+,24-. The third-order valence-corrected chi connectivity index (χ3v) is 8.84. The molecule has 3 saturated heterocycles. The molecule has 43 heavy (non-hydrogen) atoms. The molecule has 3 aliphatic heterocycles. The Morgan fingerprint density at radius 2 is 1.77 bits per heavy atom. The fourth-order valence-electron chi connectivity index (χ4n) is 6.36. The largest absolute Gasteiger partial charge is 0.477 e. The van der Waals surface area contributed by atoms with Crippen molar-refractivity contribution in [1.29, 1.82) is 0 Å². The van der Waals surface area contributed by atoms with Crippen LogP contribution in [0.2, 0.25) is 0 Å². The first-order valence-corrected chi connectivity index (χ1v) is 15.7. The Bertz CT molecular complexity index is 1320. The molecule has 4 aliphatic rings. The maximum atomic E-state index is 13.2. The lowest BCUT2D eigenvalue weighted by atomic mass is 9.81. The Morgan fingerprint density at radius 3 is 2.40 bits per heavy atom. The number of fused-ring (bicyclic) bond motifs is 2. The third kappa shape index (κ3) is 7.05. The highest BCUT2D eigenvalue weighted by Crippen LogP contribution is 2.40. The molecule has 0 radical (unpaired) electrons. The zero-order valence-electron chi connectivity index (χ0n) is 26.0. The highest BCUT2D eigenvalue weighted by Gasteiger charge is 2.43. The molecular formula is C31H45N7O5. The summed E-state index contributed by atoms with van der Waals surface area (Å²) in [5.74, 6) is 3.28. The highest BCUT2D eigenvalue weighted by atomic mass is 16.6. The molecule has 2 bridgehead atoms. The Morgan fingerprint density at radius 1 is 1.05 bits per heavy atom. The summed E-state index contributed by atoms with van der Waals surface area (Å²) in [7, 11) is 2.03. The molecule has 1 saturated carbocycles. The SMILES string of the molecule is Cc1cc(Nc2cc(OCC3COC3)nc(N(C)[C@@H]3C[C@H]4CCC[C@@H](C3)N4C(=O)CC3CC3)n2)nn1C(=O)OC(C)(C)C. The van der Waals surface area contributed by atoms with Gasteiger partial charge in [-0.2, -0.15) is 14.6 Å². The number of hydrogen-bond donors (Lipinski definition) is 1. The van der Waals surface area contributed by atoms with Gasteiger partial charge in [0.05, 0.1) is 19.8 Å². The van der Waals surface area contributed by atoms with Gasteiger partial charge in [0.2, 0.25) is 17.7 Å². The first-order valence-electron chi connectivity index (χ1n) is 15.7. The number of amides is 1. The van der Waals surface area contributed by atoms with E-state index < -0.39 is 11.7 Å². The zero-order valence-corrected chi connectivity index (χ0v) is 26.0. The van der Waals surface area contributed by atoms with Crippen molar-refractivity contribution in [2.45, 2.75) is 103 Å². The number of hydrogen-bond acceptors (Lipinski definition) is 10. The van der Waals surface area contributed by atoms with Crippen LogP contribution in [0.5, 0.6) is 5.88 Å². The van der Waals surface area contributed by atoms with Crippen LogP contribution in [0.3, 0.4) is 0 Å². The molecule has 6 rings (SSSR count). The van der Waals surface area contributed by atoms with Crippen molar-refractivity contribution >= 4 is 29.6 Å². The van der Waals surface area contributed by atoms with Gasteiger partial charge in [-0.25, -0.2) is 4.79 Å². The van der Waals surface area contributed by atoms with E-state index in [9.17, 15) is 9.59 Å². The van der Waals surface area contributed by atoms with E-state index in [1.807, 2.05) is 27.8 Å². The molecule has 2 aromatic rings. The number of carbonyl (C=O) groups excluding carboxylic acids is 2. The van der Waals surface area contributed by atoms with E-state index in [2.05, 4.69) is 20.2 Å². The average Bonchev–Trinajstić information content (AvgIpc) is 3.64. The molecule has 1 amide bonds. The summed E-state index contributed by atoms with van der Waals surface area (Å²) in [4.78, 5) is 39.9. The van der Waals surface area contributed by atoms with Gasteiger partial charge in [0.15, 0.2) is 5.82 Å². The topological polar surface area (TPSA) is 124 Å². The van der Waals surface area contributed by atoms with Gasteiger partial charge in [-0.15, -0.1) is 5.10 Å². The third-order valence-electron chi connectivity index (χ3n) is 8.84. The zero-order chi connectivity index (χ0) is 30.3. The average molecular weight is 596 g/mol. The lowest BCUT2D eigenvalue weighted by Crippen LogP contribution is -2.58. The minimum Gasteiger partial charge on any atom is -0.477 e. The fourth-order valence-corrected chi connectivity index (χ4v) is 6.36. The van der Waals surface area contributed by atoms with Crippen molar-refractivity contribution in [3.05, 3.63) is 17.8 Å². The summed E-state index contributed by atoms with van der Waals surface area (Å²) in [6.45, 7) is 9.15. The number of carbonyl (C=O) groups is 2. The Kier molecular flexibility index (Phi) is 8.23. The molecule has 234 valence electrons. The Balaban J connectivity index is 1.20. The molecule has 5 heterocycles. The van der Waals surface area contributed by atoms with Crippen LogP contribution in [-0.2, 0) is 14.3 Å². The summed E-state index contributed by atoms with van der Waals surface area (Å²) in [5.41, 5.74) is 0.00522. The normalized spacial score (nSPS) is 23.8. The second-order valence-corrected chi connectivity index (χ2v) is 13.7. The van der Waals surface area contributed by atoms with E-state index >= 15 is 0 Å². The molecule has 1 N–H and O–H groups in total. The van der Waals surface area contributed by atoms with E-state index in [1.165, 1.54) is 23.9 Å². The summed E-state index contributed by atoms with van der Waals surface area (Å²) in [6, 6.07) is 4.27. The molecule has 0 spiro atoms. The summed E-state index contributed by atoms with van der Waals surface area (Å²) < 4.78 is 18.2. The number of ether oxygens (including phenoxy) is 3. The first kappa shape index (κ1) is 29.7. The lowest BCUT2D eigenvalue weighted by Gasteiger charge is -2.50. The Labute approximate surface area is 253 Å². The van der Waals surface area contributed by atoms with E-state index in [0.717, 1.165) is 25.7 Å². The van der Waals surface area contributed by atoms with Crippen LogP contribution in [0.4, 0.5) is 22.4 Å². The molecule has 0 aromatic carbocycles. The minimum atomic E-state index is -0.633. The van der Waals surface area contributed by atoms with E-state index in [4.69, 9.17) is 24.2 Å². The van der Waals surface area contributed by atoms with Crippen LogP contribution < -0.4 is 15.0 Å². The maximum absolute atomic E-state index is 13.2. The van der Waals surface area contributed by atoms with Gasteiger partial charge in [-0.3, -0.25) is 4.79 Å². The number of rotatable bonds is 9. The minimum absolute atomic E-state index is 0.206. The van der Waals surface area contributed by atoms with Gasteiger partial charge in [0.1, 0.15) is 11.4 Å². The smallest absolute Gasteiger partial charge is 0.435 e. The highest BCUT2D eigenvalue weighted by molar-refractivity contribution is 5.78. The van der Waals surface area contributed by atoms with Gasteiger partial charge in [-0.1, -0.05) is 0 Å². The van der Waals surface area contributed by atoms with Crippen molar-refractivity contribution in [2.75, 3.05) is 37.1 Å². The maximum Gasteiger partial charge on any atom is 0.435 e. The van der Waals surface area contributed by atoms with E-state index in [0.29, 0.717) is 73.1 Å².